The second kappa shape index (κ2) is 9.43. The van der Waals surface area contributed by atoms with Crippen LogP contribution < -0.4 is 4.74 Å². The summed E-state index contributed by atoms with van der Waals surface area (Å²) in [6.07, 6.45) is 1.71. The second-order valence-electron chi connectivity index (χ2n) is 6.89. The van der Waals surface area contributed by atoms with E-state index in [1.165, 1.54) is 22.3 Å². The van der Waals surface area contributed by atoms with Gasteiger partial charge in [-0.15, -0.1) is 0 Å². The summed E-state index contributed by atoms with van der Waals surface area (Å²) >= 11 is 7.51. The molecule has 0 aliphatic heterocycles. The summed E-state index contributed by atoms with van der Waals surface area (Å²) in [5.74, 6) is 1.63. The van der Waals surface area contributed by atoms with Crippen molar-refractivity contribution in [3.05, 3.63) is 128 Å². The molecule has 4 aromatic carbocycles. The Kier molecular flexibility index (Phi) is 6.48. The fraction of sp³-hybridized carbons (Fsp3) is 0.0769. The first-order valence-electron chi connectivity index (χ1n) is 9.51. The molecular weight excluding hydrogens is 488 g/mol. The summed E-state index contributed by atoms with van der Waals surface area (Å²) < 4.78 is 8.28. The van der Waals surface area contributed by atoms with E-state index in [-0.39, 0.29) is 0 Å². The van der Waals surface area contributed by atoms with Gasteiger partial charge in [-0.25, -0.2) is 0 Å². The Hall–Kier alpha value is -2.36. The number of hydrogen-bond acceptors (Lipinski definition) is 1. The summed E-state index contributed by atoms with van der Waals surface area (Å²) in [6, 6.07) is 33.3. The van der Waals surface area contributed by atoms with E-state index in [9.17, 15) is 0 Å². The van der Waals surface area contributed by atoms with Crippen molar-refractivity contribution >= 4 is 31.9 Å². The third kappa shape index (κ3) is 4.98. The predicted molar refractivity (Wildman–Crippen MR) is 127 cm³/mol. The van der Waals surface area contributed by atoms with Crippen molar-refractivity contribution in [2.45, 2.75) is 12.8 Å². The minimum atomic E-state index is 0.816. The highest BCUT2D eigenvalue weighted by Crippen LogP contribution is 2.38. The quantitative estimate of drug-likeness (QED) is 0.255. The zero-order chi connectivity index (χ0) is 20.1. The molecule has 0 saturated heterocycles. The SMILES string of the molecule is Brc1c(Cc2ccccc2)cccc1Oc1cccc(Cc2ccccc2)c1Br. The van der Waals surface area contributed by atoms with E-state index < -0.39 is 0 Å². The van der Waals surface area contributed by atoms with Crippen LogP contribution in [0.15, 0.2) is 106 Å². The van der Waals surface area contributed by atoms with Gasteiger partial charge in [0.15, 0.2) is 0 Å². The smallest absolute Gasteiger partial charge is 0.141 e. The average molecular weight is 508 g/mol. The van der Waals surface area contributed by atoms with Gasteiger partial charge in [0.1, 0.15) is 11.5 Å². The zero-order valence-electron chi connectivity index (χ0n) is 15.8. The molecule has 4 aromatic rings. The summed E-state index contributed by atoms with van der Waals surface area (Å²) in [4.78, 5) is 0. The molecule has 0 bridgehead atoms. The molecule has 0 atom stereocenters. The molecule has 0 unspecified atom stereocenters. The van der Waals surface area contributed by atoms with Crippen molar-refractivity contribution in [3.8, 4) is 11.5 Å². The second-order valence-corrected chi connectivity index (χ2v) is 8.47. The molecule has 0 aliphatic rings. The maximum absolute atomic E-state index is 6.30. The van der Waals surface area contributed by atoms with Gasteiger partial charge < -0.3 is 4.74 Å². The van der Waals surface area contributed by atoms with Crippen LogP contribution in [0.1, 0.15) is 22.3 Å². The van der Waals surface area contributed by atoms with Gasteiger partial charge in [0.05, 0.1) is 8.95 Å². The fourth-order valence-corrected chi connectivity index (χ4v) is 4.26. The maximum Gasteiger partial charge on any atom is 0.141 e. The summed E-state index contributed by atoms with van der Waals surface area (Å²) in [6.45, 7) is 0. The number of halogens is 2. The molecule has 0 amide bonds. The third-order valence-corrected chi connectivity index (χ3v) is 6.58. The highest BCUT2D eigenvalue weighted by Gasteiger charge is 2.12. The van der Waals surface area contributed by atoms with Crippen molar-refractivity contribution in [2.24, 2.45) is 0 Å². The van der Waals surface area contributed by atoms with E-state index in [4.69, 9.17) is 4.74 Å². The molecular formula is C26H20Br2O. The van der Waals surface area contributed by atoms with Crippen molar-refractivity contribution < 1.29 is 4.74 Å². The lowest BCUT2D eigenvalue weighted by molar-refractivity contribution is 0.475. The molecule has 29 heavy (non-hydrogen) atoms. The molecule has 144 valence electrons. The molecule has 0 radical (unpaired) electrons. The van der Waals surface area contributed by atoms with Gasteiger partial charge in [-0.3, -0.25) is 0 Å². The Morgan fingerprint density at radius 2 is 0.897 bits per heavy atom. The average Bonchev–Trinajstić information content (AvgIpc) is 2.75. The van der Waals surface area contributed by atoms with Crippen molar-refractivity contribution in [1.29, 1.82) is 0 Å². The van der Waals surface area contributed by atoms with Crippen LogP contribution in [0.4, 0.5) is 0 Å². The summed E-state index contributed by atoms with van der Waals surface area (Å²) in [7, 11) is 0. The number of benzene rings is 4. The fourth-order valence-electron chi connectivity index (χ4n) is 3.29. The molecule has 0 N–H and O–H groups in total. The molecule has 0 saturated carbocycles. The molecule has 0 spiro atoms. The number of ether oxygens (including phenoxy) is 1. The minimum Gasteiger partial charge on any atom is -0.455 e. The van der Waals surface area contributed by atoms with Gasteiger partial charge in [-0.1, -0.05) is 84.9 Å². The van der Waals surface area contributed by atoms with Gasteiger partial charge in [-0.05, 0) is 79.1 Å². The largest absolute Gasteiger partial charge is 0.455 e. The standard InChI is InChI=1S/C26H20Br2O/c27-25-21(17-19-9-3-1-4-10-19)13-7-15-23(25)29-24-16-8-14-22(26(24)28)18-20-11-5-2-6-12-20/h1-16H,17-18H2. The van der Waals surface area contributed by atoms with E-state index in [0.717, 1.165) is 33.3 Å². The normalized spacial score (nSPS) is 10.7. The number of hydrogen-bond donors (Lipinski definition) is 0. The lowest BCUT2D eigenvalue weighted by atomic mass is 10.0. The van der Waals surface area contributed by atoms with E-state index >= 15 is 0 Å². The molecule has 0 heterocycles. The maximum atomic E-state index is 6.30. The van der Waals surface area contributed by atoms with Crippen LogP contribution in [0.25, 0.3) is 0 Å². The van der Waals surface area contributed by atoms with Gasteiger partial charge >= 0.3 is 0 Å². The van der Waals surface area contributed by atoms with Crippen LogP contribution in [0, 0.1) is 0 Å². The van der Waals surface area contributed by atoms with Gasteiger partial charge in [0.2, 0.25) is 0 Å². The Labute approximate surface area is 188 Å². The van der Waals surface area contributed by atoms with Gasteiger partial charge in [0.25, 0.3) is 0 Å². The first kappa shape index (κ1) is 19.9. The first-order chi connectivity index (χ1) is 14.2. The highest BCUT2D eigenvalue weighted by molar-refractivity contribution is 9.11. The zero-order valence-corrected chi connectivity index (χ0v) is 19.0. The van der Waals surface area contributed by atoms with Crippen molar-refractivity contribution in [1.82, 2.24) is 0 Å². The van der Waals surface area contributed by atoms with Crippen LogP contribution in [0.5, 0.6) is 11.5 Å². The van der Waals surface area contributed by atoms with E-state index in [1.54, 1.807) is 0 Å². The van der Waals surface area contributed by atoms with E-state index in [1.807, 2.05) is 36.4 Å². The van der Waals surface area contributed by atoms with E-state index in [0.29, 0.717) is 0 Å². The minimum absolute atomic E-state index is 0.816. The Morgan fingerprint density at radius 3 is 1.31 bits per heavy atom. The van der Waals surface area contributed by atoms with Crippen LogP contribution in [-0.4, -0.2) is 0 Å². The molecule has 0 aromatic heterocycles. The highest BCUT2D eigenvalue weighted by atomic mass is 79.9. The van der Waals surface area contributed by atoms with Crippen molar-refractivity contribution in [3.63, 3.8) is 0 Å². The summed E-state index contributed by atoms with van der Waals surface area (Å²) in [5.41, 5.74) is 4.95. The van der Waals surface area contributed by atoms with E-state index in [2.05, 4.69) is 92.5 Å². The molecule has 0 fully saturated rings. The molecule has 3 heteroatoms. The lowest BCUT2D eigenvalue weighted by Gasteiger charge is -2.14. The molecule has 1 nitrogen and oxygen atoms in total. The van der Waals surface area contributed by atoms with Crippen molar-refractivity contribution in [2.75, 3.05) is 0 Å². The predicted octanol–water partition coefficient (Wildman–Crippen LogP) is 8.19. The summed E-state index contributed by atoms with van der Waals surface area (Å²) in [5, 5.41) is 0. The molecule has 4 rings (SSSR count). The monoisotopic (exact) mass is 506 g/mol. The van der Waals surface area contributed by atoms with Gasteiger partial charge in [0, 0.05) is 0 Å². The van der Waals surface area contributed by atoms with Crippen LogP contribution >= 0.6 is 31.9 Å². The van der Waals surface area contributed by atoms with Crippen LogP contribution in [-0.2, 0) is 12.8 Å². The van der Waals surface area contributed by atoms with Crippen LogP contribution in [0.2, 0.25) is 0 Å². The van der Waals surface area contributed by atoms with Crippen LogP contribution in [0.3, 0.4) is 0 Å². The lowest BCUT2D eigenvalue weighted by Crippen LogP contribution is -1.95. The topological polar surface area (TPSA) is 9.23 Å². The molecule has 0 aliphatic carbocycles. The van der Waals surface area contributed by atoms with Gasteiger partial charge in [-0.2, -0.15) is 0 Å². The Bertz CT molecular complexity index is 1000. The number of rotatable bonds is 6. The Balaban J connectivity index is 1.58. The Morgan fingerprint density at radius 1 is 0.483 bits per heavy atom. The first-order valence-corrected chi connectivity index (χ1v) is 11.1. The third-order valence-electron chi connectivity index (χ3n) is 4.78.